The van der Waals surface area contributed by atoms with Crippen molar-refractivity contribution in [2.45, 2.75) is 32.6 Å². The molecule has 3 rings (SSSR count). The summed E-state index contributed by atoms with van der Waals surface area (Å²) in [6, 6.07) is 0. The van der Waals surface area contributed by atoms with Gasteiger partial charge in [0, 0.05) is 32.5 Å². The molecule has 1 atom stereocenters. The van der Waals surface area contributed by atoms with Crippen LogP contribution in [-0.4, -0.2) is 42.4 Å². The van der Waals surface area contributed by atoms with Gasteiger partial charge in [0.25, 0.3) is 0 Å². The van der Waals surface area contributed by atoms with Gasteiger partial charge >= 0.3 is 12.1 Å². The maximum Gasteiger partial charge on any atom is 0.407 e. The number of hydrogen-bond acceptors (Lipinski definition) is 7. The second-order valence-corrected chi connectivity index (χ2v) is 6.75. The van der Waals surface area contributed by atoms with E-state index in [-0.39, 0.29) is 28.1 Å². The van der Waals surface area contributed by atoms with E-state index in [1.165, 1.54) is 21.1 Å². The number of hydrogen-bond donors (Lipinski definition) is 1. The minimum atomic E-state index is -0.691. The molecule has 27 heavy (non-hydrogen) atoms. The van der Waals surface area contributed by atoms with E-state index < -0.39 is 29.7 Å². The Morgan fingerprint density at radius 1 is 1.30 bits per heavy atom. The molecule has 0 radical (unpaired) electrons. The number of halogens is 1. The zero-order chi connectivity index (χ0) is 19.9. The number of Topliss-reactive ketones (excluding diaryl/α,β-unsaturated/α-hetero) is 2. The number of esters is 1. The number of alkyl carbamates (subject to hydrolysis) is 1. The van der Waals surface area contributed by atoms with E-state index in [4.69, 9.17) is 14.2 Å². The average Bonchev–Trinajstić information content (AvgIpc) is 3.16. The van der Waals surface area contributed by atoms with Crippen LogP contribution >= 0.6 is 15.9 Å². The average molecular weight is 441 g/mol. The molecule has 1 aromatic rings. The maximum absolute atomic E-state index is 12.9. The first-order valence-electron chi connectivity index (χ1n) is 8.11. The van der Waals surface area contributed by atoms with Crippen LogP contribution in [0.5, 0.6) is 0 Å². The van der Waals surface area contributed by atoms with Crippen molar-refractivity contribution in [3.05, 3.63) is 32.8 Å². The molecule has 0 saturated carbocycles. The lowest BCUT2D eigenvalue weighted by Gasteiger charge is -2.17. The van der Waals surface area contributed by atoms with Crippen molar-refractivity contribution in [1.82, 2.24) is 9.88 Å². The highest BCUT2D eigenvalue weighted by atomic mass is 79.9. The molecule has 10 heteroatoms. The van der Waals surface area contributed by atoms with Gasteiger partial charge in [0.1, 0.15) is 22.9 Å². The maximum atomic E-state index is 12.9. The summed E-state index contributed by atoms with van der Waals surface area (Å²) in [5.41, 5.74) is 1.10. The third-order valence-electron chi connectivity index (χ3n) is 4.44. The van der Waals surface area contributed by atoms with E-state index in [9.17, 15) is 19.2 Å². The number of nitrogens with one attached hydrogen (secondary N) is 1. The minimum Gasteiger partial charge on any atom is -0.491 e. The third kappa shape index (κ3) is 3.03. The van der Waals surface area contributed by atoms with Crippen molar-refractivity contribution in [3.63, 3.8) is 0 Å². The molecule has 1 N–H and O–H groups in total. The molecule has 0 bridgehead atoms. The number of nitrogens with zero attached hydrogens (tertiary/aromatic N) is 1. The molecule has 2 heterocycles. The highest BCUT2D eigenvalue weighted by Crippen LogP contribution is 2.42. The van der Waals surface area contributed by atoms with Gasteiger partial charge in [0.2, 0.25) is 11.6 Å². The topological polar surface area (TPSA) is 113 Å². The van der Waals surface area contributed by atoms with Crippen LogP contribution < -0.4 is 5.32 Å². The fourth-order valence-electron chi connectivity index (χ4n) is 3.43. The molecule has 0 saturated heterocycles. The van der Waals surface area contributed by atoms with Gasteiger partial charge in [-0.25, -0.2) is 4.79 Å². The number of ketones is 2. The first-order chi connectivity index (χ1) is 12.8. The van der Waals surface area contributed by atoms with Crippen LogP contribution in [0.3, 0.4) is 0 Å². The monoisotopic (exact) mass is 440 g/mol. The molecule has 1 aromatic heterocycles. The number of ether oxygens (including phenoxy) is 3. The molecule has 1 amide bonds. The fraction of sp³-hybridized carbons (Fsp3) is 0.412. The number of carbonyl (C=O) groups excluding carboxylic acids is 4. The van der Waals surface area contributed by atoms with E-state index in [0.717, 1.165) is 0 Å². The number of rotatable bonds is 4. The molecule has 1 unspecified atom stereocenters. The minimum absolute atomic E-state index is 0.0255. The van der Waals surface area contributed by atoms with Gasteiger partial charge in [0.05, 0.1) is 18.4 Å². The molecule has 0 spiro atoms. The molecule has 0 fully saturated rings. The summed E-state index contributed by atoms with van der Waals surface area (Å²) in [5, 5.41) is 2.32. The van der Waals surface area contributed by atoms with Crippen molar-refractivity contribution in [2.75, 3.05) is 14.2 Å². The third-order valence-corrected chi connectivity index (χ3v) is 5.16. The van der Waals surface area contributed by atoms with Crippen LogP contribution in [0.25, 0.3) is 0 Å². The fourth-order valence-corrected chi connectivity index (χ4v) is 3.96. The molecule has 0 aromatic carbocycles. The summed E-state index contributed by atoms with van der Waals surface area (Å²) in [4.78, 5) is 48.8. The zero-order valence-corrected chi connectivity index (χ0v) is 16.5. The van der Waals surface area contributed by atoms with E-state index in [1.807, 2.05) is 0 Å². The quantitative estimate of drug-likeness (QED) is 0.711. The van der Waals surface area contributed by atoms with Crippen LogP contribution in [-0.2, 0) is 32.2 Å². The number of fused-ring (bicyclic) bond motifs is 3. The molecule has 2 aliphatic rings. The largest absolute Gasteiger partial charge is 0.491 e. The first kappa shape index (κ1) is 19.2. The second-order valence-electron chi connectivity index (χ2n) is 5.96. The lowest BCUT2D eigenvalue weighted by atomic mass is 9.95. The van der Waals surface area contributed by atoms with Crippen molar-refractivity contribution in [2.24, 2.45) is 0 Å². The van der Waals surface area contributed by atoms with Gasteiger partial charge in [-0.2, -0.15) is 0 Å². The molecule has 1 aliphatic heterocycles. The second kappa shape index (κ2) is 7.18. The summed E-state index contributed by atoms with van der Waals surface area (Å²) in [7, 11) is 2.69. The molecular formula is C17H17BrN2O7. The molecule has 144 valence electrons. The Morgan fingerprint density at radius 2 is 2.00 bits per heavy atom. The van der Waals surface area contributed by atoms with Crippen LogP contribution in [0, 0.1) is 0 Å². The highest BCUT2D eigenvalue weighted by Gasteiger charge is 2.43. The van der Waals surface area contributed by atoms with Crippen LogP contribution in [0.2, 0.25) is 0 Å². The number of carbonyl (C=O) groups is 4. The number of methoxy groups -OCH3 is 1. The Kier molecular flexibility index (Phi) is 5.09. The predicted octanol–water partition coefficient (Wildman–Crippen LogP) is 1.98. The summed E-state index contributed by atoms with van der Waals surface area (Å²) in [6.45, 7) is 1.41. The normalized spacial score (nSPS) is 18.1. The van der Waals surface area contributed by atoms with Gasteiger partial charge in [0.15, 0.2) is 5.76 Å². The summed E-state index contributed by atoms with van der Waals surface area (Å²) in [6.07, 6.45) is -0.875. The van der Waals surface area contributed by atoms with E-state index in [1.54, 1.807) is 4.57 Å². The summed E-state index contributed by atoms with van der Waals surface area (Å²) < 4.78 is 17.2. The smallest absolute Gasteiger partial charge is 0.407 e. The summed E-state index contributed by atoms with van der Waals surface area (Å²) >= 11 is 3.13. The predicted molar refractivity (Wildman–Crippen MR) is 94.4 cm³/mol. The molecule has 9 nitrogen and oxygen atoms in total. The van der Waals surface area contributed by atoms with Gasteiger partial charge in [-0.3, -0.25) is 14.4 Å². The van der Waals surface area contributed by atoms with Crippen LogP contribution in [0.1, 0.15) is 51.6 Å². The van der Waals surface area contributed by atoms with Crippen LogP contribution in [0.15, 0.2) is 10.2 Å². The zero-order valence-electron chi connectivity index (χ0n) is 14.9. The standard InChI is InChI=1S/C17H17BrN2O7/c1-7(21)27-9-4-5-20-12(9)8(6-26-17(24)19-2)10-13(20)15(23)11(18)16(25-3)14(10)22/h9H,4-6H2,1-3H3,(H,19,24). The van der Waals surface area contributed by atoms with Crippen molar-refractivity contribution in [3.8, 4) is 0 Å². The van der Waals surface area contributed by atoms with Gasteiger partial charge in [-0.05, 0) is 15.9 Å². The van der Waals surface area contributed by atoms with Crippen molar-refractivity contribution in [1.29, 1.82) is 0 Å². The van der Waals surface area contributed by atoms with E-state index >= 15 is 0 Å². The Balaban J connectivity index is 2.17. The van der Waals surface area contributed by atoms with Gasteiger partial charge < -0.3 is 24.1 Å². The lowest BCUT2D eigenvalue weighted by Crippen LogP contribution is -2.24. The molecular weight excluding hydrogens is 424 g/mol. The first-order valence-corrected chi connectivity index (χ1v) is 8.91. The van der Waals surface area contributed by atoms with E-state index in [0.29, 0.717) is 24.2 Å². The SMILES string of the molecule is CNC(=O)OCc1c2c(n3c1C(OC(C)=O)CC3)C(=O)C(Br)=C(OC)C2=O. The van der Waals surface area contributed by atoms with E-state index in [2.05, 4.69) is 21.2 Å². The van der Waals surface area contributed by atoms with Crippen LogP contribution in [0.4, 0.5) is 4.79 Å². The number of allylic oxidation sites excluding steroid dienone is 2. The van der Waals surface area contributed by atoms with Gasteiger partial charge in [-0.15, -0.1) is 0 Å². The Bertz CT molecular complexity index is 900. The number of amides is 1. The van der Waals surface area contributed by atoms with Gasteiger partial charge in [-0.1, -0.05) is 0 Å². The Hall–Kier alpha value is -2.62. The highest BCUT2D eigenvalue weighted by molar-refractivity contribution is 9.12. The van der Waals surface area contributed by atoms with Crippen molar-refractivity contribution < 1.29 is 33.4 Å². The molecule has 1 aliphatic carbocycles. The Morgan fingerprint density at radius 3 is 2.59 bits per heavy atom. The van der Waals surface area contributed by atoms with Crippen molar-refractivity contribution >= 4 is 39.6 Å². The number of aromatic nitrogens is 1. The lowest BCUT2D eigenvalue weighted by molar-refractivity contribution is -0.146. The Labute approximate surface area is 162 Å². The summed E-state index contributed by atoms with van der Waals surface area (Å²) in [5.74, 6) is -1.53.